The maximum atomic E-state index is 11.1. The van der Waals surface area contributed by atoms with Crippen molar-refractivity contribution in [3.05, 3.63) is 0 Å². The fraction of sp³-hybridized carbons (Fsp3) is 0.750. The van der Waals surface area contributed by atoms with Crippen LogP contribution in [-0.4, -0.2) is 23.5 Å². The number of rotatable bonds is 1. The van der Waals surface area contributed by atoms with Crippen molar-refractivity contribution >= 4 is 6.03 Å². The van der Waals surface area contributed by atoms with Crippen LogP contribution in [0.25, 0.3) is 0 Å². The molecule has 64 valence electrons. The molecule has 2 amide bonds. The first kappa shape index (κ1) is 7.41. The Morgan fingerprint density at radius 2 is 2.33 bits per heavy atom. The van der Waals surface area contributed by atoms with E-state index in [1.54, 1.807) is 0 Å². The lowest BCUT2D eigenvalue weighted by Crippen LogP contribution is -2.37. The van der Waals surface area contributed by atoms with Crippen LogP contribution in [0.4, 0.5) is 4.79 Å². The number of hydrogen-bond acceptors (Lipinski definition) is 2. The van der Waals surface area contributed by atoms with Crippen LogP contribution in [0.5, 0.6) is 0 Å². The molecule has 1 aliphatic carbocycles. The second-order valence-electron chi connectivity index (χ2n) is 3.46. The minimum Gasteiger partial charge on any atom is -0.332 e. The Balaban J connectivity index is 1.96. The second kappa shape index (κ2) is 2.67. The quantitative estimate of drug-likeness (QED) is 0.580. The van der Waals surface area contributed by atoms with E-state index in [1.807, 2.05) is 6.19 Å². The van der Waals surface area contributed by atoms with Crippen LogP contribution in [0.2, 0.25) is 0 Å². The zero-order chi connectivity index (χ0) is 8.55. The summed E-state index contributed by atoms with van der Waals surface area (Å²) in [6.07, 6.45) is 5.53. The summed E-state index contributed by atoms with van der Waals surface area (Å²) in [6.45, 7) is 0.569. The van der Waals surface area contributed by atoms with E-state index in [1.165, 1.54) is 24.2 Å². The first-order valence-electron chi connectivity index (χ1n) is 4.29. The molecular weight excluding hydrogens is 154 g/mol. The molecule has 0 bridgehead atoms. The van der Waals surface area contributed by atoms with Crippen molar-refractivity contribution < 1.29 is 4.79 Å². The standard InChI is InChI=1S/C8H11N3O/c9-5-11-4-7(10-8(11)12)6-2-1-3-6/h6-7H,1-4H2,(H,10,12). The van der Waals surface area contributed by atoms with Gasteiger partial charge in [-0.3, -0.25) is 0 Å². The van der Waals surface area contributed by atoms with Crippen LogP contribution in [0, 0.1) is 17.4 Å². The number of nitrogens with one attached hydrogen (secondary N) is 1. The second-order valence-corrected chi connectivity index (χ2v) is 3.46. The summed E-state index contributed by atoms with van der Waals surface area (Å²) in [5, 5.41) is 11.4. The lowest BCUT2D eigenvalue weighted by molar-refractivity contribution is 0.229. The monoisotopic (exact) mass is 165 g/mol. The first-order chi connectivity index (χ1) is 5.81. The third-order valence-electron chi connectivity index (χ3n) is 2.77. The van der Waals surface area contributed by atoms with Crippen LogP contribution in [0.3, 0.4) is 0 Å². The zero-order valence-electron chi connectivity index (χ0n) is 6.79. The number of urea groups is 1. The molecular formula is C8H11N3O. The highest BCUT2D eigenvalue weighted by Crippen LogP contribution is 2.31. The zero-order valence-corrected chi connectivity index (χ0v) is 6.79. The van der Waals surface area contributed by atoms with Gasteiger partial charge in [0, 0.05) is 0 Å². The van der Waals surface area contributed by atoms with E-state index >= 15 is 0 Å². The average molecular weight is 165 g/mol. The Bertz CT molecular complexity index is 241. The fourth-order valence-corrected chi connectivity index (χ4v) is 1.76. The molecule has 2 rings (SSSR count). The highest BCUT2D eigenvalue weighted by atomic mass is 16.2. The van der Waals surface area contributed by atoms with Gasteiger partial charge in [0.2, 0.25) is 0 Å². The summed E-state index contributed by atoms with van der Waals surface area (Å²) in [5.74, 6) is 0.618. The summed E-state index contributed by atoms with van der Waals surface area (Å²) < 4.78 is 0. The number of carbonyl (C=O) groups excluding carboxylic acids is 1. The van der Waals surface area contributed by atoms with Crippen molar-refractivity contribution in [1.29, 1.82) is 5.26 Å². The van der Waals surface area contributed by atoms with E-state index in [0.29, 0.717) is 12.5 Å². The van der Waals surface area contributed by atoms with Gasteiger partial charge >= 0.3 is 6.03 Å². The normalized spacial score (nSPS) is 29.4. The number of amides is 2. The molecule has 12 heavy (non-hydrogen) atoms. The highest BCUT2D eigenvalue weighted by molar-refractivity contribution is 5.78. The molecule has 1 atom stereocenters. The first-order valence-corrected chi connectivity index (χ1v) is 4.29. The smallest absolute Gasteiger partial charge is 0.330 e. The molecule has 0 radical (unpaired) electrons. The Labute approximate surface area is 71.1 Å². The fourth-order valence-electron chi connectivity index (χ4n) is 1.76. The van der Waals surface area contributed by atoms with Crippen LogP contribution >= 0.6 is 0 Å². The lowest BCUT2D eigenvalue weighted by atomic mass is 9.80. The molecule has 0 aromatic heterocycles. The Kier molecular flexibility index (Phi) is 1.65. The van der Waals surface area contributed by atoms with Crippen molar-refractivity contribution in [3.63, 3.8) is 0 Å². The molecule has 1 saturated heterocycles. The van der Waals surface area contributed by atoms with E-state index < -0.39 is 0 Å². The molecule has 1 aliphatic heterocycles. The molecule has 2 fully saturated rings. The Morgan fingerprint density at radius 1 is 1.58 bits per heavy atom. The van der Waals surface area contributed by atoms with Gasteiger partial charge in [-0.05, 0) is 18.8 Å². The van der Waals surface area contributed by atoms with Gasteiger partial charge in [-0.1, -0.05) is 6.42 Å². The van der Waals surface area contributed by atoms with Gasteiger partial charge in [-0.2, -0.15) is 5.26 Å². The van der Waals surface area contributed by atoms with Gasteiger partial charge in [0.05, 0.1) is 12.6 Å². The maximum absolute atomic E-state index is 11.1. The molecule has 2 aliphatic rings. The lowest BCUT2D eigenvalue weighted by Gasteiger charge is -2.30. The summed E-state index contributed by atoms with van der Waals surface area (Å²) in [5.41, 5.74) is 0. The van der Waals surface area contributed by atoms with E-state index in [2.05, 4.69) is 5.32 Å². The largest absolute Gasteiger partial charge is 0.332 e. The highest BCUT2D eigenvalue weighted by Gasteiger charge is 2.36. The van der Waals surface area contributed by atoms with Crippen LogP contribution in [0.15, 0.2) is 0 Å². The van der Waals surface area contributed by atoms with Gasteiger partial charge in [-0.15, -0.1) is 0 Å². The topological polar surface area (TPSA) is 56.1 Å². The summed E-state index contributed by atoms with van der Waals surface area (Å²) in [7, 11) is 0. The molecule has 0 spiro atoms. The third kappa shape index (κ3) is 1.02. The molecule has 4 nitrogen and oxygen atoms in total. The Morgan fingerprint density at radius 3 is 2.75 bits per heavy atom. The van der Waals surface area contributed by atoms with Gasteiger partial charge in [0.25, 0.3) is 0 Å². The minimum absolute atomic E-state index is 0.227. The molecule has 4 heteroatoms. The van der Waals surface area contributed by atoms with Crippen LogP contribution in [-0.2, 0) is 0 Å². The van der Waals surface area contributed by atoms with Crippen molar-refractivity contribution in [3.8, 4) is 6.19 Å². The van der Waals surface area contributed by atoms with Gasteiger partial charge < -0.3 is 5.32 Å². The number of nitriles is 1. The van der Waals surface area contributed by atoms with Crippen LogP contribution in [0.1, 0.15) is 19.3 Å². The van der Waals surface area contributed by atoms with E-state index in [9.17, 15) is 4.79 Å². The van der Waals surface area contributed by atoms with Crippen molar-refractivity contribution in [2.24, 2.45) is 5.92 Å². The number of nitrogens with zero attached hydrogens (tertiary/aromatic N) is 2. The van der Waals surface area contributed by atoms with E-state index in [-0.39, 0.29) is 12.1 Å². The van der Waals surface area contributed by atoms with Gasteiger partial charge in [0.1, 0.15) is 0 Å². The molecule has 0 aromatic rings. The minimum atomic E-state index is -0.227. The van der Waals surface area contributed by atoms with Crippen molar-refractivity contribution in [1.82, 2.24) is 10.2 Å². The molecule has 1 saturated carbocycles. The molecule has 0 aromatic carbocycles. The predicted molar refractivity (Wildman–Crippen MR) is 42.0 cm³/mol. The SMILES string of the molecule is N#CN1CC(C2CCC2)NC1=O. The molecule has 1 heterocycles. The maximum Gasteiger partial charge on any atom is 0.330 e. The average Bonchev–Trinajstić information content (AvgIpc) is 2.27. The number of carbonyl (C=O) groups is 1. The van der Waals surface area contributed by atoms with Crippen LogP contribution < -0.4 is 5.32 Å². The van der Waals surface area contributed by atoms with Gasteiger partial charge in [-0.25, -0.2) is 9.69 Å². The Hall–Kier alpha value is -1.24. The predicted octanol–water partition coefficient (Wildman–Crippen LogP) is 0.661. The summed E-state index contributed by atoms with van der Waals surface area (Å²) >= 11 is 0. The van der Waals surface area contributed by atoms with Gasteiger partial charge in [0.15, 0.2) is 6.19 Å². The summed E-state index contributed by atoms with van der Waals surface area (Å²) in [4.78, 5) is 12.2. The third-order valence-corrected chi connectivity index (χ3v) is 2.77. The summed E-state index contributed by atoms with van der Waals surface area (Å²) in [6, 6.07) is 0.000278. The molecule has 1 unspecified atom stereocenters. The molecule has 1 N–H and O–H groups in total. The van der Waals surface area contributed by atoms with E-state index in [0.717, 1.165) is 0 Å². The van der Waals surface area contributed by atoms with Crippen molar-refractivity contribution in [2.45, 2.75) is 25.3 Å². The van der Waals surface area contributed by atoms with Crippen molar-refractivity contribution in [2.75, 3.05) is 6.54 Å². The van der Waals surface area contributed by atoms with E-state index in [4.69, 9.17) is 5.26 Å². The number of hydrogen-bond donors (Lipinski definition) is 1.